The monoisotopic (exact) mass is 426 g/mol. The van der Waals surface area contributed by atoms with Crippen LogP contribution in [0.25, 0.3) is 21.9 Å². The largest absolute Gasteiger partial charge is 0.206 e. The number of halogens is 3. The Labute approximate surface area is 183 Å². The highest BCUT2D eigenvalue weighted by atomic mass is 35.5. The summed E-state index contributed by atoms with van der Waals surface area (Å²) in [4.78, 5) is 0. The molecule has 158 valence electrons. The van der Waals surface area contributed by atoms with Crippen molar-refractivity contribution < 1.29 is 8.78 Å². The second kappa shape index (κ2) is 8.67. The van der Waals surface area contributed by atoms with E-state index in [1.807, 2.05) is 12.1 Å². The predicted molar refractivity (Wildman–Crippen MR) is 123 cm³/mol. The van der Waals surface area contributed by atoms with Gasteiger partial charge in [0.15, 0.2) is 0 Å². The normalized spacial score (nSPS) is 17.2. The molecular weight excluding hydrogens is 398 g/mol. The van der Waals surface area contributed by atoms with Crippen LogP contribution in [-0.4, -0.2) is 0 Å². The van der Waals surface area contributed by atoms with Gasteiger partial charge in [-0.25, -0.2) is 8.78 Å². The first-order valence-corrected chi connectivity index (χ1v) is 11.5. The summed E-state index contributed by atoms with van der Waals surface area (Å²) in [6.07, 6.45) is 8.67. The van der Waals surface area contributed by atoms with Gasteiger partial charge in [0.1, 0.15) is 11.6 Å². The highest BCUT2D eigenvalue weighted by Gasteiger charge is 2.38. The fourth-order valence-electron chi connectivity index (χ4n) is 5.45. The van der Waals surface area contributed by atoms with Gasteiger partial charge in [0.25, 0.3) is 0 Å². The topological polar surface area (TPSA) is 0 Å². The molecule has 1 atom stereocenters. The highest BCUT2D eigenvalue weighted by molar-refractivity contribution is 6.30. The quantitative estimate of drug-likeness (QED) is 0.381. The Kier molecular flexibility index (Phi) is 6.16. The molecule has 1 fully saturated rings. The van der Waals surface area contributed by atoms with E-state index in [1.165, 1.54) is 62.6 Å². The molecule has 1 unspecified atom stereocenters. The molecule has 4 rings (SSSR count). The molecule has 0 aliphatic heterocycles. The molecule has 0 radical (unpaired) electrons. The average Bonchev–Trinajstić information content (AvgIpc) is 2.76. The second-order valence-corrected chi connectivity index (χ2v) is 9.31. The van der Waals surface area contributed by atoms with Crippen molar-refractivity contribution in [2.45, 2.75) is 64.2 Å². The Hall–Kier alpha value is -1.93. The van der Waals surface area contributed by atoms with Crippen molar-refractivity contribution in [2.24, 2.45) is 5.92 Å². The van der Waals surface area contributed by atoms with E-state index in [1.54, 1.807) is 12.1 Å². The van der Waals surface area contributed by atoms with Gasteiger partial charge in [-0.1, -0.05) is 94.0 Å². The van der Waals surface area contributed by atoms with Crippen molar-refractivity contribution >= 4 is 22.4 Å². The number of benzene rings is 3. The molecule has 1 aliphatic carbocycles. The maximum Gasteiger partial charge on any atom is 0.142 e. The SMILES string of the molecule is CCCC(C)C1(c2ccc3c(F)c(-c4ccc(Cl)c(F)c4)ccc3c2)CCCCC1. The van der Waals surface area contributed by atoms with E-state index in [9.17, 15) is 4.39 Å². The lowest BCUT2D eigenvalue weighted by molar-refractivity contribution is 0.193. The van der Waals surface area contributed by atoms with E-state index < -0.39 is 5.82 Å². The number of hydrogen-bond donors (Lipinski definition) is 0. The molecule has 0 amide bonds. The average molecular weight is 427 g/mol. The lowest BCUT2D eigenvalue weighted by Gasteiger charge is -2.43. The van der Waals surface area contributed by atoms with Gasteiger partial charge in [-0.05, 0) is 52.8 Å². The maximum absolute atomic E-state index is 15.4. The predicted octanol–water partition coefficient (Wildman–Crippen LogP) is 9.08. The lowest BCUT2D eigenvalue weighted by atomic mass is 9.61. The Morgan fingerprint density at radius 2 is 1.73 bits per heavy atom. The van der Waals surface area contributed by atoms with E-state index in [4.69, 9.17) is 11.6 Å². The Morgan fingerprint density at radius 1 is 0.967 bits per heavy atom. The van der Waals surface area contributed by atoms with Gasteiger partial charge in [0, 0.05) is 10.9 Å². The molecule has 3 aromatic carbocycles. The van der Waals surface area contributed by atoms with Crippen LogP contribution >= 0.6 is 11.6 Å². The van der Waals surface area contributed by atoms with Gasteiger partial charge >= 0.3 is 0 Å². The van der Waals surface area contributed by atoms with Crippen LogP contribution in [0.4, 0.5) is 8.78 Å². The molecule has 0 nitrogen and oxygen atoms in total. The standard InChI is InChI=1S/C27H29ClF2/c1-3-7-18(2)27(14-5-4-6-15-27)21-10-12-23-19(16-21)8-11-22(26(23)30)20-9-13-24(28)25(29)17-20/h8-13,16-18H,3-7,14-15H2,1-2H3. The van der Waals surface area contributed by atoms with E-state index in [0.717, 1.165) is 5.39 Å². The minimum atomic E-state index is -0.534. The Balaban J connectivity index is 1.78. The molecule has 30 heavy (non-hydrogen) atoms. The lowest BCUT2D eigenvalue weighted by Crippen LogP contribution is -2.36. The summed E-state index contributed by atoms with van der Waals surface area (Å²) >= 11 is 5.79. The van der Waals surface area contributed by atoms with Crippen LogP contribution in [0, 0.1) is 17.6 Å². The van der Waals surface area contributed by atoms with Crippen LogP contribution < -0.4 is 0 Å². The Morgan fingerprint density at radius 3 is 2.43 bits per heavy atom. The molecular formula is C27H29ClF2. The van der Waals surface area contributed by atoms with Crippen LogP contribution in [0.15, 0.2) is 48.5 Å². The zero-order chi connectivity index (χ0) is 21.3. The van der Waals surface area contributed by atoms with Crippen LogP contribution in [-0.2, 0) is 5.41 Å². The molecule has 0 saturated heterocycles. The zero-order valence-electron chi connectivity index (χ0n) is 17.8. The molecule has 0 aromatic heterocycles. The van der Waals surface area contributed by atoms with E-state index >= 15 is 4.39 Å². The Bertz CT molecular complexity index is 1050. The molecule has 3 heteroatoms. The first-order valence-electron chi connectivity index (χ1n) is 11.1. The van der Waals surface area contributed by atoms with Crippen LogP contribution in [0.3, 0.4) is 0 Å². The summed E-state index contributed by atoms with van der Waals surface area (Å²) in [5.41, 5.74) is 2.44. The third-order valence-corrected chi connectivity index (χ3v) is 7.48. The smallest absolute Gasteiger partial charge is 0.142 e. The first-order chi connectivity index (χ1) is 14.5. The van der Waals surface area contributed by atoms with Crippen molar-refractivity contribution in [1.82, 2.24) is 0 Å². The molecule has 0 heterocycles. The summed E-state index contributed by atoms with van der Waals surface area (Å²) < 4.78 is 29.3. The summed E-state index contributed by atoms with van der Waals surface area (Å²) in [6, 6.07) is 14.4. The van der Waals surface area contributed by atoms with Crippen LogP contribution in [0.2, 0.25) is 5.02 Å². The van der Waals surface area contributed by atoms with Crippen LogP contribution in [0.1, 0.15) is 64.4 Å². The first kappa shape index (κ1) is 21.3. The summed E-state index contributed by atoms with van der Waals surface area (Å²) in [5, 5.41) is 1.54. The van der Waals surface area contributed by atoms with Gasteiger partial charge < -0.3 is 0 Å². The van der Waals surface area contributed by atoms with Crippen molar-refractivity contribution in [3.05, 3.63) is 70.8 Å². The van der Waals surface area contributed by atoms with E-state index in [-0.39, 0.29) is 16.3 Å². The maximum atomic E-state index is 15.4. The van der Waals surface area contributed by atoms with Gasteiger partial charge in [0.2, 0.25) is 0 Å². The van der Waals surface area contributed by atoms with Crippen molar-refractivity contribution in [3.63, 3.8) is 0 Å². The third kappa shape index (κ3) is 3.75. The molecule has 1 aliphatic rings. The zero-order valence-corrected chi connectivity index (χ0v) is 18.5. The second-order valence-electron chi connectivity index (χ2n) is 8.90. The fraction of sp³-hybridized carbons (Fsp3) is 0.407. The minimum absolute atomic E-state index is 0.0450. The third-order valence-electron chi connectivity index (χ3n) is 7.17. The van der Waals surface area contributed by atoms with E-state index in [0.29, 0.717) is 22.4 Å². The number of rotatable bonds is 5. The van der Waals surface area contributed by atoms with Crippen LogP contribution in [0.5, 0.6) is 0 Å². The van der Waals surface area contributed by atoms with Crippen molar-refractivity contribution in [3.8, 4) is 11.1 Å². The summed E-state index contributed by atoms with van der Waals surface area (Å²) in [5.74, 6) is -0.227. The van der Waals surface area contributed by atoms with E-state index in [2.05, 4.69) is 26.0 Å². The highest BCUT2D eigenvalue weighted by Crippen LogP contribution is 2.47. The van der Waals surface area contributed by atoms with Gasteiger partial charge in [-0.15, -0.1) is 0 Å². The van der Waals surface area contributed by atoms with Crippen molar-refractivity contribution in [1.29, 1.82) is 0 Å². The summed E-state index contributed by atoms with van der Waals surface area (Å²) in [6.45, 7) is 4.64. The summed E-state index contributed by atoms with van der Waals surface area (Å²) in [7, 11) is 0. The molecule has 3 aromatic rings. The van der Waals surface area contributed by atoms with Gasteiger partial charge in [0.05, 0.1) is 5.02 Å². The van der Waals surface area contributed by atoms with Crippen molar-refractivity contribution in [2.75, 3.05) is 0 Å². The number of fused-ring (bicyclic) bond motifs is 1. The van der Waals surface area contributed by atoms with Gasteiger partial charge in [-0.3, -0.25) is 0 Å². The molecule has 0 bridgehead atoms. The molecule has 1 saturated carbocycles. The molecule has 0 N–H and O–H groups in total. The minimum Gasteiger partial charge on any atom is -0.206 e. The van der Waals surface area contributed by atoms with Gasteiger partial charge in [-0.2, -0.15) is 0 Å². The molecule has 0 spiro atoms. The fourth-order valence-corrected chi connectivity index (χ4v) is 5.56. The number of hydrogen-bond acceptors (Lipinski definition) is 0.